The first kappa shape index (κ1) is 14.0. The Labute approximate surface area is 116 Å². The van der Waals surface area contributed by atoms with Crippen molar-refractivity contribution < 1.29 is 4.39 Å². The summed E-state index contributed by atoms with van der Waals surface area (Å²) < 4.78 is 14.9. The molecule has 1 atom stereocenters. The standard InChI is InChI=1S/C13H16ClFN4/c1-2-19-8-9(7-17-19)5-13(18-16)11-4-3-10(15)6-12(11)14/h3-4,6-8,13,18H,2,5,16H2,1H3. The highest BCUT2D eigenvalue weighted by Crippen LogP contribution is 2.26. The van der Waals surface area contributed by atoms with Crippen LogP contribution in [0.15, 0.2) is 30.6 Å². The minimum absolute atomic E-state index is 0.178. The van der Waals surface area contributed by atoms with E-state index in [2.05, 4.69) is 10.5 Å². The smallest absolute Gasteiger partial charge is 0.124 e. The third-order valence-electron chi connectivity index (χ3n) is 2.99. The molecule has 102 valence electrons. The van der Waals surface area contributed by atoms with E-state index in [1.165, 1.54) is 12.1 Å². The SMILES string of the molecule is CCn1cc(CC(NN)c2ccc(F)cc2Cl)cn1. The molecule has 1 unspecified atom stereocenters. The zero-order valence-corrected chi connectivity index (χ0v) is 11.4. The molecule has 0 aliphatic rings. The van der Waals surface area contributed by atoms with E-state index in [4.69, 9.17) is 17.4 Å². The number of aryl methyl sites for hydroxylation is 1. The lowest BCUT2D eigenvalue weighted by atomic mass is 10.0. The number of rotatable bonds is 5. The summed E-state index contributed by atoms with van der Waals surface area (Å²) in [7, 11) is 0. The number of nitrogens with one attached hydrogen (secondary N) is 1. The Bertz CT molecular complexity index is 555. The van der Waals surface area contributed by atoms with E-state index in [1.807, 2.05) is 17.8 Å². The van der Waals surface area contributed by atoms with E-state index < -0.39 is 0 Å². The molecule has 0 bridgehead atoms. The molecule has 0 radical (unpaired) electrons. The Balaban J connectivity index is 2.19. The van der Waals surface area contributed by atoms with Crippen LogP contribution in [0.2, 0.25) is 5.02 Å². The van der Waals surface area contributed by atoms with E-state index in [1.54, 1.807) is 12.3 Å². The normalized spacial score (nSPS) is 12.6. The minimum atomic E-state index is -0.358. The molecule has 0 aliphatic heterocycles. The van der Waals surface area contributed by atoms with E-state index >= 15 is 0 Å². The number of benzene rings is 1. The Morgan fingerprint density at radius 1 is 1.53 bits per heavy atom. The Hall–Kier alpha value is -1.43. The van der Waals surface area contributed by atoms with Crippen LogP contribution < -0.4 is 11.3 Å². The van der Waals surface area contributed by atoms with Crippen LogP contribution in [0.25, 0.3) is 0 Å². The van der Waals surface area contributed by atoms with Crippen LogP contribution in [0, 0.1) is 5.82 Å². The second-order valence-corrected chi connectivity index (χ2v) is 4.70. The summed E-state index contributed by atoms with van der Waals surface area (Å²) in [5, 5.41) is 4.57. The molecule has 0 spiro atoms. The maximum absolute atomic E-state index is 13.0. The zero-order chi connectivity index (χ0) is 13.8. The number of hydrogen-bond acceptors (Lipinski definition) is 3. The van der Waals surface area contributed by atoms with Crippen LogP contribution in [-0.4, -0.2) is 9.78 Å². The van der Waals surface area contributed by atoms with Gasteiger partial charge in [-0.1, -0.05) is 17.7 Å². The van der Waals surface area contributed by atoms with Crippen LogP contribution in [0.3, 0.4) is 0 Å². The van der Waals surface area contributed by atoms with Gasteiger partial charge >= 0.3 is 0 Å². The molecule has 1 aromatic heterocycles. The third-order valence-corrected chi connectivity index (χ3v) is 3.32. The number of halogens is 2. The number of hydrazine groups is 1. The summed E-state index contributed by atoms with van der Waals surface area (Å²) in [6, 6.07) is 4.13. The molecule has 0 aliphatic carbocycles. The van der Waals surface area contributed by atoms with Gasteiger partial charge in [-0.25, -0.2) is 4.39 Å². The van der Waals surface area contributed by atoms with Crippen molar-refractivity contribution in [3.8, 4) is 0 Å². The van der Waals surface area contributed by atoms with Gasteiger partial charge in [0, 0.05) is 17.8 Å². The first-order valence-electron chi connectivity index (χ1n) is 6.06. The van der Waals surface area contributed by atoms with Gasteiger partial charge in [-0.15, -0.1) is 0 Å². The fraction of sp³-hybridized carbons (Fsp3) is 0.308. The number of nitrogens with zero attached hydrogens (tertiary/aromatic N) is 2. The predicted octanol–water partition coefficient (Wildman–Crippen LogP) is 2.44. The third kappa shape index (κ3) is 3.32. The fourth-order valence-electron chi connectivity index (χ4n) is 1.96. The van der Waals surface area contributed by atoms with Crippen molar-refractivity contribution in [2.24, 2.45) is 5.84 Å². The summed E-state index contributed by atoms with van der Waals surface area (Å²) in [5.74, 6) is 5.21. The number of hydrogen-bond donors (Lipinski definition) is 2. The van der Waals surface area contributed by atoms with E-state index in [-0.39, 0.29) is 11.9 Å². The van der Waals surface area contributed by atoms with Gasteiger partial charge < -0.3 is 0 Å². The summed E-state index contributed by atoms with van der Waals surface area (Å²) in [5.41, 5.74) is 4.53. The highest BCUT2D eigenvalue weighted by molar-refractivity contribution is 6.31. The van der Waals surface area contributed by atoms with Gasteiger partial charge in [0.2, 0.25) is 0 Å². The Morgan fingerprint density at radius 3 is 2.89 bits per heavy atom. The molecule has 2 aromatic rings. The van der Waals surface area contributed by atoms with Gasteiger partial charge in [-0.2, -0.15) is 5.10 Å². The highest BCUT2D eigenvalue weighted by Gasteiger charge is 2.15. The highest BCUT2D eigenvalue weighted by atomic mass is 35.5. The van der Waals surface area contributed by atoms with Gasteiger partial charge in [0.05, 0.1) is 12.2 Å². The van der Waals surface area contributed by atoms with Crippen molar-refractivity contribution >= 4 is 11.6 Å². The quantitative estimate of drug-likeness (QED) is 0.654. The van der Waals surface area contributed by atoms with Crippen molar-refractivity contribution in [3.05, 3.63) is 52.6 Å². The number of aromatic nitrogens is 2. The first-order chi connectivity index (χ1) is 9.13. The van der Waals surface area contributed by atoms with Gasteiger partial charge in [0.15, 0.2) is 0 Å². The zero-order valence-electron chi connectivity index (χ0n) is 10.6. The molecule has 19 heavy (non-hydrogen) atoms. The van der Waals surface area contributed by atoms with Crippen LogP contribution in [0.1, 0.15) is 24.1 Å². The van der Waals surface area contributed by atoms with Crippen LogP contribution in [-0.2, 0) is 13.0 Å². The monoisotopic (exact) mass is 282 g/mol. The van der Waals surface area contributed by atoms with E-state index in [9.17, 15) is 4.39 Å². The molecule has 0 saturated heterocycles. The van der Waals surface area contributed by atoms with E-state index in [0.29, 0.717) is 11.4 Å². The predicted molar refractivity (Wildman–Crippen MR) is 73.1 cm³/mol. The molecule has 0 saturated carbocycles. The molecule has 4 nitrogen and oxygen atoms in total. The lowest BCUT2D eigenvalue weighted by Gasteiger charge is -2.16. The van der Waals surface area contributed by atoms with Gasteiger partial charge in [0.1, 0.15) is 5.82 Å². The number of nitrogens with two attached hydrogens (primary N) is 1. The maximum atomic E-state index is 13.0. The Kier molecular flexibility index (Phi) is 4.52. The van der Waals surface area contributed by atoms with Crippen molar-refractivity contribution in [1.82, 2.24) is 15.2 Å². The molecule has 6 heteroatoms. The van der Waals surface area contributed by atoms with E-state index in [0.717, 1.165) is 17.7 Å². The van der Waals surface area contributed by atoms with Crippen LogP contribution in [0.5, 0.6) is 0 Å². The molecule has 1 heterocycles. The lowest BCUT2D eigenvalue weighted by Crippen LogP contribution is -2.29. The van der Waals surface area contributed by atoms with Crippen molar-refractivity contribution in [2.45, 2.75) is 25.9 Å². The van der Waals surface area contributed by atoms with Crippen LogP contribution in [0.4, 0.5) is 4.39 Å². The minimum Gasteiger partial charge on any atom is -0.273 e. The topological polar surface area (TPSA) is 55.9 Å². The summed E-state index contributed by atoms with van der Waals surface area (Å²) in [6.07, 6.45) is 4.40. The molecule has 1 aromatic carbocycles. The van der Waals surface area contributed by atoms with Crippen LogP contribution >= 0.6 is 11.6 Å². The van der Waals surface area contributed by atoms with Gasteiger partial charge in [-0.05, 0) is 36.6 Å². The maximum Gasteiger partial charge on any atom is 0.124 e. The fourth-order valence-corrected chi connectivity index (χ4v) is 2.26. The molecule has 0 amide bonds. The van der Waals surface area contributed by atoms with Crippen molar-refractivity contribution in [2.75, 3.05) is 0 Å². The summed E-state index contributed by atoms with van der Waals surface area (Å²) in [6.45, 7) is 2.84. The van der Waals surface area contributed by atoms with Gasteiger partial charge in [-0.3, -0.25) is 16.0 Å². The average molecular weight is 283 g/mol. The van der Waals surface area contributed by atoms with Crippen molar-refractivity contribution in [1.29, 1.82) is 0 Å². The lowest BCUT2D eigenvalue weighted by molar-refractivity contribution is 0.549. The largest absolute Gasteiger partial charge is 0.273 e. The molecule has 3 N–H and O–H groups in total. The molecule has 0 fully saturated rings. The molecular formula is C13H16ClFN4. The second kappa shape index (κ2) is 6.14. The molecular weight excluding hydrogens is 267 g/mol. The Morgan fingerprint density at radius 2 is 2.32 bits per heavy atom. The first-order valence-corrected chi connectivity index (χ1v) is 6.44. The summed E-state index contributed by atoms with van der Waals surface area (Å²) in [4.78, 5) is 0. The van der Waals surface area contributed by atoms with Gasteiger partial charge in [0.25, 0.3) is 0 Å². The summed E-state index contributed by atoms with van der Waals surface area (Å²) >= 11 is 6.05. The second-order valence-electron chi connectivity index (χ2n) is 4.29. The average Bonchev–Trinajstić information content (AvgIpc) is 2.84. The molecule has 2 rings (SSSR count). The van der Waals surface area contributed by atoms with Crippen molar-refractivity contribution in [3.63, 3.8) is 0 Å².